The number of nitrogens with two attached hydrogens (primary N) is 1. The number of furan rings is 1. The van der Waals surface area contributed by atoms with Crippen LogP contribution in [0.4, 0.5) is 0 Å². The number of piperidine rings is 1. The van der Waals surface area contributed by atoms with Gasteiger partial charge in [-0.05, 0) is 40.9 Å². The molecule has 2 unspecified atom stereocenters. The molecule has 0 aromatic carbocycles. The van der Waals surface area contributed by atoms with E-state index < -0.39 is 0 Å². The molecule has 2 heterocycles. The predicted octanol–water partition coefficient (Wildman–Crippen LogP) is 1.62. The van der Waals surface area contributed by atoms with Crippen LogP contribution < -0.4 is 5.73 Å². The molecule has 0 saturated carbocycles. The summed E-state index contributed by atoms with van der Waals surface area (Å²) >= 11 is 3.20. The highest BCUT2D eigenvalue weighted by Crippen LogP contribution is 2.23. The summed E-state index contributed by atoms with van der Waals surface area (Å²) in [6.07, 6.45) is 1.80. The summed E-state index contributed by atoms with van der Waals surface area (Å²) in [5.74, 6) is 0.238. The van der Waals surface area contributed by atoms with Crippen LogP contribution in [0.25, 0.3) is 0 Å². The van der Waals surface area contributed by atoms with Crippen LogP contribution >= 0.6 is 15.9 Å². The molecule has 0 radical (unpaired) electrons. The zero-order chi connectivity index (χ0) is 13.1. The molecule has 6 heteroatoms. The highest BCUT2D eigenvalue weighted by Gasteiger charge is 2.32. The van der Waals surface area contributed by atoms with Crippen molar-refractivity contribution in [3.05, 3.63) is 22.6 Å². The van der Waals surface area contributed by atoms with E-state index in [4.69, 9.17) is 14.9 Å². The summed E-state index contributed by atoms with van der Waals surface area (Å²) in [7, 11) is 1.69. The maximum Gasteiger partial charge on any atom is 0.289 e. The molecule has 1 fully saturated rings. The average molecular weight is 317 g/mol. The fraction of sp³-hybridized carbons (Fsp3) is 0.583. The Hall–Kier alpha value is -0.850. The number of nitrogens with zero attached hydrogens (tertiary/aromatic N) is 1. The lowest BCUT2D eigenvalue weighted by Gasteiger charge is -2.37. The first-order valence-electron chi connectivity index (χ1n) is 5.95. The summed E-state index contributed by atoms with van der Waals surface area (Å²) < 4.78 is 11.2. The Labute approximate surface area is 114 Å². The molecule has 18 heavy (non-hydrogen) atoms. The Kier molecular flexibility index (Phi) is 4.42. The van der Waals surface area contributed by atoms with Crippen molar-refractivity contribution in [2.24, 2.45) is 5.73 Å². The van der Waals surface area contributed by atoms with Crippen LogP contribution in [0.5, 0.6) is 0 Å². The molecule has 1 aromatic heterocycles. The minimum atomic E-state index is -0.106. The van der Waals surface area contributed by atoms with Crippen molar-refractivity contribution in [1.82, 2.24) is 4.90 Å². The molecule has 1 saturated heterocycles. The van der Waals surface area contributed by atoms with Crippen LogP contribution in [0.3, 0.4) is 0 Å². The van der Waals surface area contributed by atoms with E-state index in [1.807, 2.05) is 0 Å². The first-order chi connectivity index (χ1) is 8.65. The SMILES string of the molecule is COC1CCN(C(=O)c2ccc(Br)o2)C(CN)C1. The third kappa shape index (κ3) is 2.76. The fourth-order valence-corrected chi connectivity index (χ4v) is 2.60. The van der Waals surface area contributed by atoms with E-state index in [2.05, 4.69) is 15.9 Å². The van der Waals surface area contributed by atoms with Crippen molar-refractivity contribution in [1.29, 1.82) is 0 Å². The third-order valence-electron chi connectivity index (χ3n) is 3.32. The number of carbonyl (C=O) groups is 1. The standard InChI is InChI=1S/C12H17BrN2O3/c1-17-9-4-5-15(8(6-9)7-14)12(16)10-2-3-11(13)18-10/h2-3,8-9H,4-7,14H2,1H3. The number of hydrogen-bond acceptors (Lipinski definition) is 4. The number of methoxy groups -OCH3 is 1. The molecule has 0 spiro atoms. The van der Waals surface area contributed by atoms with Gasteiger partial charge in [-0.1, -0.05) is 0 Å². The van der Waals surface area contributed by atoms with E-state index >= 15 is 0 Å². The third-order valence-corrected chi connectivity index (χ3v) is 3.74. The van der Waals surface area contributed by atoms with E-state index in [9.17, 15) is 4.79 Å². The van der Waals surface area contributed by atoms with Gasteiger partial charge in [0.05, 0.1) is 6.10 Å². The molecule has 1 aromatic rings. The van der Waals surface area contributed by atoms with Crippen molar-refractivity contribution in [2.45, 2.75) is 25.0 Å². The first kappa shape index (κ1) is 13.6. The molecule has 1 amide bonds. The quantitative estimate of drug-likeness (QED) is 0.920. The minimum absolute atomic E-state index is 0.0140. The second kappa shape index (κ2) is 5.86. The lowest BCUT2D eigenvalue weighted by Crippen LogP contribution is -2.51. The van der Waals surface area contributed by atoms with Gasteiger partial charge >= 0.3 is 0 Å². The Bertz CT molecular complexity index is 421. The van der Waals surface area contributed by atoms with Gasteiger partial charge in [-0.15, -0.1) is 0 Å². The normalized spacial score (nSPS) is 24.3. The zero-order valence-electron chi connectivity index (χ0n) is 10.3. The van der Waals surface area contributed by atoms with Crippen molar-refractivity contribution in [3.63, 3.8) is 0 Å². The van der Waals surface area contributed by atoms with Crippen molar-refractivity contribution >= 4 is 21.8 Å². The van der Waals surface area contributed by atoms with Crippen LogP contribution in [0.15, 0.2) is 21.2 Å². The highest BCUT2D eigenvalue weighted by atomic mass is 79.9. The Morgan fingerprint density at radius 3 is 3.00 bits per heavy atom. The fourth-order valence-electron chi connectivity index (χ4n) is 2.29. The van der Waals surface area contributed by atoms with Gasteiger partial charge < -0.3 is 19.8 Å². The van der Waals surface area contributed by atoms with Gasteiger partial charge in [0.15, 0.2) is 10.4 Å². The van der Waals surface area contributed by atoms with Crippen LogP contribution in [0, 0.1) is 0 Å². The molecule has 5 nitrogen and oxygen atoms in total. The van der Waals surface area contributed by atoms with Crippen LogP contribution in [0.1, 0.15) is 23.4 Å². The van der Waals surface area contributed by atoms with Gasteiger partial charge in [-0.25, -0.2) is 0 Å². The van der Waals surface area contributed by atoms with E-state index in [0.29, 0.717) is 23.5 Å². The molecule has 2 atom stereocenters. The summed E-state index contributed by atoms with van der Waals surface area (Å²) in [6.45, 7) is 1.09. The number of ether oxygens (including phenoxy) is 1. The van der Waals surface area contributed by atoms with Gasteiger partial charge in [0.25, 0.3) is 5.91 Å². The topological polar surface area (TPSA) is 68.7 Å². The van der Waals surface area contributed by atoms with E-state index in [0.717, 1.165) is 12.8 Å². The lowest BCUT2D eigenvalue weighted by atomic mass is 9.99. The molecule has 2 rings (SSSR count). The largest absolute Gasteiger partial charge is 0.444 e. The number of rotatable bonds is 3. The van der Waals surface area contributed by atoms with E-state index in [1.165, 1.54) is 0 Å². The molecular weight excluding hydrogens is 300 g/mol. The summed E-state index contributed by atoms with van der Waals surface area (Å²) in [6, 6.07) is 3.40. The van der Waals surface area contributed by atoms with Gasteiger partial charge in [0.1, 0.15) is 0 Å². The van der Waals surface area contributed by atoms with Crippen LogP contribution in [0.2, 0.25) is 0 Å². The monoisotopic (exact) mass is 316 g/mol. The van der Waals surface area contributed by atoms with E-state index in [1.54, 1.807) is 24.1 Å². The Morgan fingerprint density at radius 2 is 2.44 bits per heavy atom. The molecule has 2 N–H and O–H groups in total. The lowest BCUT2D eigenvalue weighted by molar-refractivity contribution is 0.0124. The van der Waals surface area contributed by atoms with Crippen LogP contribution in [-0.4, -0.2) is 43.2 Å². The molecule has 100 valence electrons. The van der Waals surface area contributed by atoms with Gasteiger partial charge in [-0.2, -0.15) is 0 Å². The zero-order valence-corrected chi connectivity index (χ0v) is 11.9. The highest BCUT2D eigenvalue weighted by molar-refractivity contribution is 9.10. The maximum atomic E-state index is 12.3. The summed E-state index contributed by atoms with van der Waals surface area (Å²) in [5.41, 5.74) is 5.74. The van der Waals surface area contributed by atoms with Gasteiger partial charge in [0, 0.05) is 26.2 Å². The van der Waals surface area contributed by atoms with Crippen LogP contribution in [-0.2, 0) is 4.74 Å². The predicted molar refractivity (Wildman–Crippen MR) is 70.3 cm³/mol. The number of amides is 1. The second-order valence-corrected chi connectivity index (χ2v) is 5.16. The average Bonchev–Trinajstić information content (AvgIpc) is 2.83. The minimum Gasteiger partial charge on any atom is -0.444 e. The van der Waals surface area contributed by atoms with Crippen molar-refractivity contribution in [3.8, 4) is 0 Å². The smallest absolute Gasteiger partial charge is 0.289 e. The molecular formula is C12H17BrN2O3. The Balaban J connectivity index is 2.10. The number of hydrogen-bond donors (Lipinski definition) is 1. The Morgan fingerprint density at radius 1 is 1.67 bits per heavy atom. The molecule has 1 aliphatic heterocycles. The van der Waals surface area contributed by atoms with Gasteiger partial charge in [0.2, 0.25) is 0 Å². The van der Waals surface area contributed by atoms with Crippen molar-refractivity contribution in [2.75, 3.05) is 20.2 Å². The number of likely N-dealkylation sites (tertiary alicyclic amines) is 1. The maximum absolute atomic E-state index is 12.3. The molecule has 0 aliphatic carbocycles. The molecule has 1 aliphatic rings. The second-order valence-electron chi connectivity index (χ2n) is 4.37. The summed E-state index contributed by atoms with van der Waals surface area (Å²) in [5, 5.41) is 0. The van der Waals surface area contributed by atoms with Gasteiger partial charge in [-0.3, -0.25) is 4.79 Å². The van der Waals surface area contributed by atoms with Crippen molar-refractivity contribution < 1.29 is 13.9 Å². The van der Waals surface area contributed by atoms with E-state index in [-0.39, 0.29) is 18.1 Å². The molecule has 0 bridgehead atoms. The number of carbonyl (C=O) groups excluding carboxylic acids is 1. The summed E-state index contributed by atoms with van der Waals surface area (Å²) in [4.78, 5) is 14.1. The first-order valence-corrected chi connectivity index (χ1v) is 6.74. The number of halogens is 1.